The Morgan fingerprint density at radius 3 is 2.88 bits per heavy atom. The smallest absolute Gasteiger partial charge is 0.163 e. The van der Waals surface area contributed by atoms with Gasteiger partial charge in [-0.25, -0.2) is 9.97 Å². The van der Waals surface area contributed by atoms with Crippen LogP contribution in [-0.4, -0.2) is 33.7 Å². The molecular formula is C19H22N4O. The normalized spacial score (nSPS) is 17.5. The van der Waals surface area contributed by atoms with Crippen molar-refractivity contribution in [2.45, 2.75) is 32.4 Å². The van der Waals surface area contributed by atoms with Gasteiger partial charge >= 0.3 is 0 Å². The zero-order chi connectivity index (χ0) is 16.4. The Bertz CT molecular complexity index is 822. The molecule has 0 radical (unpaired) electrons. The summed E-state index contributed by atoms with van der Waals surface area (Å²) in [7, 11) is 0. The van der Waals surface area contributed by atoms with E-state index in [0.29, 0.717) is 12.6 Å². The highest BCUT2D eigenvalue weighted by Crippen LogP contribution is 2.32. The van der Waals surface area contributed by atoms with E-state index in [2.05, 4.69) is 38.9 Å². The lowest BCUT2D eigenvalue weighted by atomic mass is 10.1. The largest absolute Gasteiger partial charge is 0.488 e. The van der Waals surface area contributed by atoms with Crippen molar-refractivity contribution in [3.05, 3.63) is 42.9 Å². The zero-order valence-electron chi connectivity index (χ0n) is 13.9. The summed E-state index contributed by atoms with van der Waals surface area (Å²) in [5.41, 5.74) is 3.92. The molecule has 1 aliphatic heterocycles. The molecule has 5 nitrogen and oxygen atoms in total. The highest BCUT2D eigenvalue weighted by molar-refractivity contribution is 5.93. The third-order valence-electron chi connectivity index (χ3n) is 4.60. The van der Waals surface area contributed by atoms with Crippen molar-refractivity contribution in [1.82, 2.24) is 19.9 Å². The first-order valence-electron chi connectivity index (χ1n) is 8.62. The summed E-state index contributed by atoms with van der Waals surface area (Å²) in [6.45, 7) is 4.73. The van der Waals surface area contributed by atoms with Gasteiger partial charge in [-0.2, -0.15) is 0 Å². The van der Waals surface area contributed by atoms with Crippen LogP contribution in [-0.2, 0) is 6.54 Å². The Morgan fingerprint density at radius 1 is 1.25 bits per heavy atom. The number of nitrogens with zero attached hydrogens (tertiary/aromatic N) is 3. The maximum absolute atomic E-state index is 6.11. The number of nitrogens with one attached hydrogen (secondary N) is 1. The van der Waals surface area contributed by atoms with Crippen LogP contribution in [0.5, 0.6) is 5.75 Å². The van der Waals surface area contributed by atoms with Crippen LogP contribution in [0.3, 0.4) is 0 Å². The number of ether oxygens (including phenoxy) is 1. The average molecular weight is 322 g/mol. The van der Waals surface area contributed by atoms with Gasteiger partial charge in [0.05, 0.1) is 18.2 Å². The van der Waals surface area contributed by atoms with Crippen molar-refractivity contribution >= 4 is 11.0 Å². The number of fused-ring (bicyclic) bond motifs is 1. The molecule has 1 N–H and O–H groups in total. The van der Waals surface area contributed by atoms with Gasteiger partial charge in [-0.3, -0.25) is 0 Å². The first-order chi connectivity index (χ1) is 11.9. The van der Waals surface area contributed by atoms with Gasteiger partial charge in [0.15, 0.2) is 5.75 Å². The maximum Gasteiger partial charge on any atom is 0.163 e. The van der Waals surface area contributed by atoms with E-state index in [1.54, 1.807) is 0 Å². The fourth-order valence-electron chi connectivity index (χ4n) is 3.30. The van der Waals surface area contributed by atoms with Crippen LogP contribution in [0.25, 0.3) is 22.3 Å². The molecule has 2 aromatic heterocycles. The van der Waals surface area contributed by atoms with E-state index in [0.717, 1.165) is 41.1 Å². The monoisotopic (exact) mass is 322 g/mol. The van der Waals surface area contributed by atoms with Crippen molar-refractivity contribution in [2.24, 2.45) is 0 Å². The van der Waals surface area contributed by atoms with E-state index in [1.807, 2.05) is 30.7 Å². The molecular weight excluding hydrogens is 300 g/mol. The molecule has 5 heteroatoms. The molecule has 0 amide bonds. The Hall–Kier alpha value is -2.40. The Balaban J connectivity index is 1.73. The summed E-state index contributed by atoms with van der Waals surface area (Å²) in [4.78, 5) is 9.26. The minimum Gasteiger partial charge on any atom is -0.488 e. The van der Waals surface area contributed by atoms with Gasteiger partial charge in [0, 0.05) is 18.2 Å². The Morgan fingerprint density at radius 2 is 2.12 bits per heavy atom. The SMILES string of the molecule is CCn1cnc2c(-c3ccccc3)ncc(OC[C@@H]3CCCN3)c21. The van der Waals surface area contributed by atoms with E-state index in [4.69, 9.17) is 4.74 Å². The van der Waals surface area contributed by atoms with Gasteiger partial charge in [0.25, 0.3) is 0 Å². The molecule has 0 bridgehead atoms. The van der Waals surface area contributed by atoms with Crippen LogP contribution in [0.4, 0.5) is 0 Å². The van der Waals surface area contributed by atoms with Crippen molar-refractivity contribution in [2.75, 3.05) is 13.2 Å². The third-order valence-corrected chi connectivity index (χ3v) is 4.60. The minimum absolute atomic E-state index is 0.437. The zero-order valence-corrected chi connectivity index (χ0v) is 13.9. The van der Waals surface area contributed by atoms with Crippen LogP contribution >= 0.6 is 0 Å². The summed E-state index contributed by atoms with van der Waals surface area (Å²) in [6, 6.07) is 10.6. The lowest BCUT2D eigenvalue weighted by molar-refractivity contribution is 0.278. The fraction of sp³-hybridized carbons (Fsp3) is 0.368. The summed E-state index contributed by atoms with van der Waals surface area (Å²) in [5, 5.41) is 3.47. The Kier molecular flexibility index (Phi) is 4.17. The molecule has 124 valence electrons. The van der Waals surface area contributed by atoms with Crippen LogP contribution in [0.2, 0.25) is 0 Å². The van der Waals surface area contributed by atoms with Crippen LogP contribution < -0.4 is 10.1 Å². The summed E-state index contributed by atoms with van der Waals surface area (Å²) >= 11 is 0. The summed E-state index contributed by atoms with van der Waals surface area (Å²) in [6.07, 6.45) is 6.11. The van der Waals surface area contributed by atoms with Gasteiger partial charge in [-0.1, -0.05) is 30.3 Å². The molecule has 0 spiro atoms. The second kappa shape index (κ2) is 6.61. The molecule has 3 aromatic rings. The Labute approximate surface area is 141 Å². The maximum atomic E-state index is 6.11. The number of aromatic nitrogens is 3. The quantitative estimate of drug-likeness (QED) is 0.783. The molecule has 1 aliphatic rings. The van der Waals surface area contributed by atoms with Crippen molar-refractivity contribution in [3.8, 4) is 17.0 Å². The fourth-order valence-corrected chi connectivity index (χ4v) is 3.30. The molecule has 0 aliphatic carbocycles. The number of hydrogen-bond acceptors (Lipinski definition) is 4. The third kappa shape index (κ3) is 2.76. The number of rotatable bonds is 5. The summed E-state index contributed by atoms with van der Waals surface area (Å²) in [5.74, 6) is 0.817. The molecule has 1 fully saturated rings. The molecule has 0 saturated carbocycles. The number of hydrogen-bond donors (Lipinski definition) is 1. The standard InChI is InChI=1S/C19H22N4O/c1-2-23-13-22-18-17(14-7-4-3-5-8-14)21-11-16(19(18)23)24-12-15-9-6-10-20-15/h3-5,7-8,11,13,15,20H,2,6,9-10,12H2,1H3/t15-/m0/s1. The molecule has 1 atom stereocenters. The van der Waals surface area contributed by atoms with E-state index >= 15 is 0 Å². The van der Waals surface area contributed by atoms with E-state index < -0.39 is 0 Å². The van der Waals surface area contributed by atoms with Crippen molar-refractivity contribution in [3.63, 3.8) is 0 Å². The second-order valence-corrected chi connectivity index (χ2v) is 6.17. The predicted octanol–water partition coefficient (Wildman–Crippen LogP) is 3.25. The van der Waals surface area contributed by atoms with E-state index in [9.17, 15) is 0 Å². The van der Waals surface area contributed by atoms with Crippen molar-refractivity contribution in [1.29, 1.82) is 0 Å². The minimum atomic E-state index is 0.437. The molecule has 1 aromatic carbocycles. The second-order valence-electron chi connectivity index (χ2n) is 6.17. The lowest BCUT2D eigenvalue weighted by Gasteiger charge is -2.14. The van der Waals surface area contributed by atoms with Crippen LogP contribution in [0, 0.1) is 0 Å². The van der Waals surface area contributed by atoms with Crippen LogP contribution in [0.15, 0.2) is 42.9 Å². The molecule has 3 heterocycles. The predicted molar refractivity (Wildman–Crippen MR) is 95.2 cm³/mol. The van der Waals surface area contributed by atoms with E-state index in [-0.39, 0.29) is 0 Å². The average Bonchev–Trinajstić information content (AvgIpc) is 3.30. The molecule has 0 unspecified atom stereocenters. The first-order valence-corrected chi connectivity index (χ1v) is 8.62. The van der Waals surface area contributed by atoms with Gasteiger partial charge in [0.2, 0.25) is 0 Å². The number of pyridine rings is 1. The number of aryl methyl sites for hydroxylation is 1. The highest BCUT2D eigenvalue weighted by Gasteiger charge is 2.18. The summed E-state index contributed by atoms with van der Waals surface area (Å²) < 4.78 is 8.23. The topological polar surface area (TPSA) is 52.0 Å². The lowest BCUT2D eigenvalue weighted by Crippen LogP contribution is -2.28. The molecule has 24 heavy (non-hydrogen) atoms. The van der Waals surface area contributed by atoms with Gasteiger partial charge in [-0.15, -0.1) is 0 Å². The van der Waals surface area contributed by atoms with E-state index in [1.165, 1.54) is 12.8 Å². The van der Waals surface area contributed by atoms with Gasteiger partial charge < -0.3 is 14.6 Å². The molecule has 4 rings (SSSR count). The first kappa shape index (κ1) is 15.1. The van der Waals surface area contributed by atoms with Crippen LogP contribution in [0.1, 0.15) is 19.8 Å². The van der Waals surface area contributed by atoms with Gasteiger partial charge in [-0.05, 0) is 26.3 Å². The number of imidazole rings is 1. The highest BCUT2D eigenvalue weighted by atomic mass is 16.5. The molecule has 1 saturated heterocycles. The number of benzene rings is 1. The van der Waals surface area contributed by atoms with Gasteiger partial charge in [0.1, 0.15) is 17.6 Å². The van der Waals surface area contributed by atoms with Crippen molar-refractivity contribution < 1.29 is 4.74 Å².